The number of hydrogen-bond donors (Lipinski definition) is 3. The Kier molecular flexibility index (Phi) is 7.00. The first kappa shape index (κ1) is 17.4. The fraction of sp³-hybridized carbons (Fsp3) is 0.588. The topological polar surface area (TPSA) is 89.1 Å². The molecule has 1 aromatic rings. The normalized spacial score (nSPS) is 15.8. The van der Waals surface area contributed by atoms with Gasteiger partial charge in [-0.25, -0.2) is 0 Å². The molecule has 0 radical (unpaired) electrons. The minimum atomic E-state index is 0.190. The van der Waals surface area contributed by atoms with Gasteiger partial charge in [-0.2, -0.15) is 0 Å². The molecule has 1 atom stereocenters. The van der Waals surface area contributed by atoms with E-state index >= 15 is 0 Å². The predicted molar refractivity (Wildman–Crippen MR) is 92.3 cm³/mol. The lowest BCUT2D eigenvalue weighted by Gasteiger charge is -2.13. The Bertz CT molecular complexity index is 514. The molecule has 1 aliphatic heterocycles. The molecular weight excluding hydrogens is 294 g/mol. The first-order valence-corrected chi connectivity index (χ1v) is 8.30. The van der Waals surface area contributed by atoms with Gasteiger partial charge in [0, 0.05) is 31.3 Å². The Balaban J connectivity index is 1.95. The molecule has 6 heteroatoms. The lowest BCUT2D eigenvalue weighted by atomic mass is 10.0. The van der Waals surface area contributed by atoms with Gasteiger partial charge in [0.2, 0.25) is 0 Å². The Morgan fingerprint density at radius 2 is 2.09 bits per heavy atom. The summed E-state index contributed by atoms with van der Waals surface area (Å²) in [6.45, 7) is 4.27. The lowest BCUT2D eigenvalue weighted by Crippen LogP contribution is -2.24. The van der Waals surface area contributed by atoms with Crippen LogP contribution in [0, 0.1) is 5.92 Å². The van der Waals surface area contributed by atoms with Crippen molar-refractivity contribution in [2.75, 3.05) is 31.7 Å². The number of nitrogens with one attached hydrogen (secondary N) is 1. The van der Waals surface area contributed by atoms with Crippen molar-refractivity contribution in [1.29, 1.82) is 0 Å². The quantitative estimate of drug-likeness (QED) is 0.530. The van der Waals surface area contributed by atoms with E-state index in [-0.39, 0.29) is 6.61 Å². The summed E-state index contributed by atoms with van der Waals surface area (Å²) < 4.78 is 11.3. The highest BCUT2D eigenvalue weighted by Gasteiger charge is 2.11. The van der Waals surface area contributed by atoms with E-state index in [2.05, 4.69) is 17.2 Å². The summed E-state index contributed by atoms with van der Waals surface area (Å²) in [6, 6.07) is 5.65. The van der Waals surface area contributed by atoms with E-state index in [9.17, 15) is 0 Å². The zero-order valence-electron chi connectivity index (χ0n) is 13.8. The van der Waals surface area contributed by atoms with E-state index in [1.165, 1.54) is 0 Å². The molecule has 0 fully saturated rings. The van der Waals surface area contributed by atoms with E-state index < -0.39 is 0 Å². The fourth-order valence-electron chi connectivity index (χ4n) is 2.57. The van der Waals surface area contributed by atoms with Crippen LogP contribution in [0.4, 0.5) is 5.69 Å². The van der Waals surface area contributed by atoms with Crippen LogP contribution in [0.3, 0.4) is 0 Å². The molecule has 0 bridgehead atoms. The minimum absolute atomic E-state index is 0.190. The van der Waals surface area contributed by atoms with Crippen molar-refractivity contribution in [3.05, 3.63) is 18.2 Å². The molecule has 0 amide bonds. The van der Waals surface area contributed by atoms with Gasteiger partial charge in [0.15, 0.2) is 17.5 Å². The average molecular weight is 321 g/mol. The van der Waals surface area contributed by atoms with Crippen LogP contribution >= 0.6 is 0 Å². The second-order valence-corrected chi connectivity index (χ2v) is 5.73. The Morgan fingerprint density at radius 1 is 1.30 bits per heavy atom. The first-order valence-electron chi connectivity index (χ1n) is 8.30. The van der Waals surface area contributed by atoms with E-state index in [4.69, 9.17) is 20.3 Å². The van der Waals surface area contributed by atoms with Crippen molar-refractivity contribution in [2.24, 2.45) is 16.6 Å². The number of aliphatic imine (C=N–C) groups is 1. The highest BCUT2D eigenvalue weighted by atomic mass is 16.5. The number of rotatable bonds is 7. The Labute approximate surface area is 137 Å². The van der Waals surface area contributed by atoms with Crippen LogP contribution in [0.25, 0.3) is 0 Å². The van der Waals surface area contributed by atoms with Gasteiger partial charge in [0.25, 0.3) is 0 Å². The van der Waals surface area contributed by atoms with Gasteiger partial charge < -0.3 is 25.6 Å². The second-order valence-electron chi connectivity index (χ2n) is 5.73. The molecule has 0 saturated carbocycles. The number of aliphatic hydroxyl groups excluding tert-OH is 1. The van der Waals surface area contributed by atoms with Crippen LogP contribution < -0.4 is 20.5 Å². The van der Waals surface area contributed by atoms with Gasteiger partial charge in [0.1, 0.15) is 0 Å². The number of nitrogens with two attached hydrogens (primary N) is 1. The van der Waals surface area contributed by atoms with Crippen molar-refractivity contribution < 1.29 is 14.6 Å². The standard InChI is InChI=1S/C17H27N3O3/c1-2-4-13(7-8-21)12-19-17(18)20-14-5-6-15-16(11-14)23-10-3-9-22-15/h5-6,11,13,21H,2-4,7-10,12H2,1H3,(H3,18,19,20). The van der Waals surface area contributed by atoms with Crippen LogP contribution in [0.5, 0.6) is 11.5 Å². The third-order valence-electron chi connectivity index (χ3n) is 3.77. The molecule has 2 rings (SSSR count). The van der Waals surface area contributed by atoms with Gasteiger partial charge in [0.05, 0.1) is 13.2 Å². The predicted octanol–water partition coefficient (Wildman–Crippen LogP) is 2.37. The van der Waals surface area contributed by atoms with Crippen LogP contribution in [-0.2, 0) is 0 Å². The smallest absolute Gasteiger partial charge is 0.193 e. The molecule has 128 valence electrons. The number of benzene rings is 1. The summed E-state index contributed by atoms with van der Waals surface area (Å²) in [6.07, 6.45) is 3.76. The monoisotopic (exact) mass is 321 g/mol. The number of nitrogens with zero attached hydrogens (tertiary/aromatic N) is 1. The molecule has 6 nitrogen and oxygen atoms in total. The van der Waals surface area contributed by atoms with E-state index in [1.54, 1.807) is 0 Å². The van der Waals surface area contributed by atoms with Crippen molar-refractivity contribution in [1.82, 2.24) is 0 Å². The van der Waals surface area contributed by atoms with Crippen molar-refractivity contribution >= 4 is 11.6 Å². The zero-order chi connectivity index (χ0) is 16.5. The van der Waals surface area contributed by atoms with Gasteiger partial charge >= 0.3 is 0 Å². The fourth-order valence-corrected chi connectivity index (χ4v) is 2.57. The lowest BCUT2D eigenvalue weighted by molar-refractivity contribution is 0.253. The van der Waals surface area contributed by atoms with Crippen molar-refractivity contribution in [2.45, 2.75) is 32.6 Å². The number of guanidine groups is 1. The highest BCUT2D eigenvalue weighted by molar-refractivity contribution is 5.92. The van der Waals surface area contributed by atoms with Crippen molar-refractivity contribution in [3.63, 3.8) is 0 Å². The Hall–Kier alpha value is -1.95. The molecule has 0 aliphatic carbocycles. The molecular formula is C17H27N3O3. The number of ether oxygens (including phenoxy) is 2. The highest BCUT2D eigenvalue weighted by Crippen LogP contribution is 2.32. The molecule has 23 heavy (non-hydrogen) atoms. The molecule has 1 aliphatic rings. The van der Waals surface area contributed by atoms with E-state index in [1.807, 2.05) is 18.2 Å². The third kappa shape index (κ3) is 5.63. The van der Waals surface area contributed by atoms with Crippen molar-refractivity contribution in [3.8, 4) is 11.5 Å². The molecule has 0 spiro atoms. The molecule has 4 N–H and O–H groups in total. The van der Waals surface area contributed by atoms with Gasteiger partial charge in [-0.1, -0.05) is 13.3 Å². The molecule has 1 heterocycles. The summed E-state index contributed by atoms with van der Waals surface area (Å²) >= 11 is 0. The van der Waals surface area contributed by atoms with Gasteiger partial charge in [-0.05, 0) is 30.9 Å². The van der Waals surface area contributed by atoms with Crippen LogP contribution in [-0.4, -0.2) is 37.4 Å². The maximum Gasteiger partial charge on any atom is 0.193 e. The molecule has 0 aromatic heterocycles. The largest absolute Gasteiger partial charge is 0.490 e. The summed E-state index contributed by atoms with van der Waals surface area (Å²) in [7, 11) is 0. The first-order chi connectivity index (χ1) is 11.2. The molecule has 1 unspecified atom stereocenters. The minimum Gasteiger partial charge on any atom is -0.490 e. The third-order valence-corrected chi connectivity index (χ3v) is 3.77. The van der Waals surface area contributed by atoms with Crippen LogP contribution in [0.15, 0.2) is 23.2 Å². The van der Waals surface area contributed by atoms with Crippen LogP contribution in [0.2, 0.25) is 0 Å². The van der Waals surface area contributed by atoms with Crippen LogP contribution in [0.1, 0.15) is 32.6 Å². The summed E-state index contributed by atoms with van der Waals surface area (Å²) in [4.78, 5) is 4.39. The SMILES string of the molecule is CCCC(CCO)CN=C(N)Nc1ccc2c(c1)OCCCO2. The second kappa shape index (κ2) is 9.25. The van der Waals surface area contributed by atoms with Gasteiger partial charge in [-0.3, -0.25) is 4.99 Å². The number of hydrogen-bond acceptors (Lipinski definition) is 4. The Morgan fingerprint density at radius 3 is 2.83 bits per heavy atom. The van der Waals surface area contributed by atoms with E-state index in [0.717, 1.165) is 42.9 Å². The van der Waals surface area contributed by atoms with Gasteiger partial charge in [-0.15, -0.1) is 0 Å². The maximum atomic E-state index is 9.08. The maximum absolute atomic E-state index is 9.08. The number of aliphatic hydroxyl groups is 1. The number of anilines is 1. The summed E-state index contributed by atoms with van der Waals surface area (Å²) in [5, 5.41) is 12.2. The zero-order valence-corrected chi connectivity index (χ0v) is 13.8. The molecule has 0 saturated heterocycles. The molecule has 1 aromatic carbocycles. The summed E-state index contributed by atoms with van der Waals surface area (Å²) in [5.74, 6) is 2.23. The number of fused-ring (bicyclic) bond motifs is 1. The van der Waals surface area contributed by atoms with E-state index in [0.29, 0.717) is 31.6 Å². The summed E-state index contributed by atoms with van der Waals surface area (Å²) in [5.41, 5.74) is 6.78. The average Bonchev–Trinajstić information content (AvgIpc) is 2.78.